The van der Waals surface area contributed by atoms with E-state index >= 15 is 0 Å². The number of hydrogen-bond donors (Lipinski definition) is 1. The van der Waals surface area contributed by atoms with E-state index in [1.807, 2.05) is 6.92 Å². The second kappa shape index (κ2) is 3.97. The van der Waals surface area contributed by atoms with Gasteiger partial charge in [-0.15, -0.1) is 0 Å². The van der Waals surface area contributed by atoms with Crippen LogP contribution in [-0.2, 0) is 0 Å². The fraction of sp³-hybridized carbons (Fsp3) is 1.00. The minimum absolute atomic E-state index is 0.182. The van der Waals surface area contributed by atoms with Crippen LogP contribution in [0.5, 0.6) is 0 Å². The van der Waals surface area contributed by atoms with Crippen LogP contribution in [0.4, 0.5) is 0 Å². The molecule has 0 aromatic carbocycles. The number of aliphatic hydroxyl groups excluding tert-OH is 1. The molecule has 0 aliphatic carbocycles. The molecule has 1 rings (SSSR count). The Morgan fingerprint density at radius 2 is 2.08 bits per heavy atom. The van der Waals surface area contributed by atoms with Crippen molar-refractivity contribution in [2.75, 3.05) is 19.6 Å². The van der Waals surface area contributed by atoms with Gasteiger partial charge in [0.25, 0.3) is 0 Å². The van der Waals surface area contributed by atoms with E-state index in [0.717, 1.165) is 25.6 Å². The molecule has 0 aromatic rings. The van der Waals surface area contributed by atoms with Crippen LogP contribution in [0, 0.1) is 11.3 Å². The molecular formula is C11H23NO. The van der Waals surface area contributed by atoms with Crippen molar-refractivity contribution in [3.63, 3.8) is 0 Å². The van der Waals surface area contributed by atoms with Gasteiger partial charge in [-0.05, 0) is 31.2 Å². The zero-order chi connectivity index (χ0) is 10.1. The normalized spacial score (nSPS) is 27.9. The Morgan fingerprint density at radius 3 is 2.46 bits per heavy atom. The summed E-state index contributed by atoms with van der Waals surface area (Å²) < 4.78 is 0. The second-order valence-electron chi connectivity index (χ2n) is 5.46. The summed E-state index contributed by atoms with van der Waals surface area (Å²) in [7, 11) is 0. The maximum atomic E-state index is 9.26. The first-order valence-electron chi connectivity index (χ1n) is 5.30. The molecule has 2 atom stereocenters. The van der Waals surface area contributed by atoms with E-state index in [0.29, 0.717) is 5.41 Å². The van der Waals surface area contributed by atoms with Gasteiger partial charge in [-0.3, -0.25) is 0 Å². The van der Waals surface area contributed by atoms with E-state index < -0.39 is 0 Å². The number of hydrogen-bond acceptors (Lipinski definition) is 2. The molecule has 0 saturated carbocycles. The van der Waals surface area contributed by atoms with Gasteiger partial charge in [0.05, 0.1) is 6.10 Å². The molecule has 1 unspecified atom stereocenters. The first kappa shape index (κ1) is 11.0. The topological polar surface area (TPSA) is 23.5 Å². The zero-order valence-electron chi connectivity index (χ0n) is 9.38. The van der Waals surface area contributed by atoms with Gasteiger partial charge in [-0.1, -0.05) is 20.8 Å². The lowest BCUT2D eigenvalue weighted by molar-refractivity contribution is 0.132. The minimum Gasteiger partial charge on any atom is -0.392 e. The van der Waals surface area contributed by atoms with Crippen molar-refractivity contribution < 1.29 is 5.11 Å². The van der Waals surface area contributed by atoms with E-state index in [9.17, 15) is 5.11 Å². The number of aliphatic hydroxyl groups is 1. The molecule has 0 aromatic heterocycles. The summed E-state index contributed by atoms with van der Waals surface area (Å²) >= 11 is 0. The van der Waals surface area contributed by atoms with Crippen molar-refractivity contribution in [3.05, 3.63) is 0 Å². The Balaban J connectivity index is 2.36. The molecule has 1 fully saturated rings. The van der Waals surface area contributed by atoms with Crippen LogP contribution in [0.3, 0.4) is 0 Å². The quantitative estimate of drug-likeness (QED) is 0.708. The third kappa shape index (κ3) is 3.28. The van der Waals surface area contributed by atoms with Crippen molar-refractivity contribution in [3.8, 4) is 0 Å². The van der Waals surface area contributed by atoms with Gasteiger partial charge < -0.3 is 10.0 Å². The van der Waals surface area contributed by atoms with Gasteiger partial charge in [0.2, 0.25) is 0 Å². The monoisotopic (exact) mass is 185 g/mol. The average molecular weight is 185 g/mol. The van der Waals surface area contributed by atoms with E-state index in [-0.39, 0.29) is 6.10 Å². The number of rotatable bonds is 2. The molecule has 1 N–H and O–H groups in total. The molecule has 1 heterocycles. The summed E-state index contributed by atoms with van der Waals surface area (Å²) in [4.78, 5) is 2.38. The summed E-state index contributed by atoms with van der Waals surface area (Å²) in [6.45, 7) is 12.0. The van der Waals surface area contributed by atoms with Gasteiger partial charge in [-0.2, -0.15) is 0 Å². The van der Waals surface area contributed by atoms with E-state index in [2.05, 4.69) is 25.7 Å². The lowest BCUT2D eigenvalue weighted by Gasteiger charge is -2.27. The Kier molecular flexibility index (Phi) is 3.36. The highest BCUT2D eigenvalue weighted by atomic mass is 16.3. The molecule has 0 radical (unpaired) electrons. The summed E-state index contributed by atoms with van der Waals surface area (Å²) in [5.41, 5.74) is 0.424. The largest absolute Gasteiger partial charge is 0.392 e. The maximum absolute atomic E-state index is 9.26. The summed E-state index contributed by atoms with van der Waals surface area (Å²) in [6, 6.07) is 0. The van der Waals surface area contributed by atoms with Crippen LogP contribution in [0.1, 0.15) is 34.1 Å². The van der Waals surface area contributed by atoms with E-state index in [1.54, 1.807) is 0 Å². The predicted octanol–water partition coefficient (Wildman–Crippen LogP) is 1.74. The molecular weight excluding hydrogens is 162 g/mol. The SMILES string of the molecule is C[C@H](O)CN1CCC(C(C)(C)C)C1. The molecule has 1 saturated heterocycles. The van der Waals surface area contributed by atoms with Crippen LogP contribution < -0.4 is 0 Å². The molecule has 0 spiro atoms. The summed E-state index contributed by atoms with van der Waals surface area (Å²) in [6.07, 6.45) is 1.11. The third-order valence-electron chi connectivity index (χ3n) is 3.02. The number of β-amino-alcohol motifs (C(OH)–C–C–N with tert-alkyl or cyclic N) is 1. The highest BCUT2D eigenvalue weighted by Gasteiger charge is 2.31. The number of nitrogens with zero attached hydrogens (tertiary/aromatic N) is 1. The molecule has 0 amide bonds. The van der Waals surface area contributed by atoms with Gasteiger partial charge in [0.15, 0.2) is 0 Å². The van der Waals surface area contributed by atoms with Crippen molar-refractivity contribution in [2.45, 2.75) is 40.2 Å². The minimum atomic E-state index is -0.182. The van der Waals surface area contributed by atoms with Crippen LogP contribution in [0.15, 0.2) is 0 Å². The maximum Gasteiger partial charge on any atom is 0.0639 e. The fourth-order valence-corrected chi connectivity index (χ4v) is 2.08. The fourth-order valence-electron chi connectivity index (χ4n) is 2.08. The smallest absolute Gasteiger partial charge is 0.0639 e. The molecule has 13 heavy (non-hydrogen) atoms. The lowest BCUT2D eigenvalue weighted by Crippen LogP contribution is -2.31. The Hall–Kier alpha value is -0.0800. The molecule has 2 heteroatoms. The van der Waals surface area contributed by atoms with Crippen LogP contribution >= 0.6 is 0 Å². The third-order valence-corrected chi connectivity index (χ3v) is 3.02. The molecule has 1 aliphatic heterocycles. The van der Waals surface area contributed by atoms with Gasteiger partial charge in [0, 0.05) is 13.1 Å². The van der Waals surface area contributed by atoms with Gasteiger partial charge >= 0.3 is 0 Å². The van der Waals surface area contributed by atoms with E-state index in [4.69, 9.17) is 0 Å². The second-order valence-corrected chi connectivity index (χ2v) is 5.46. The van der Waals surface area contributed by atoms with E-state index in [1.165, 1.54) is 6.42 Å². The van der Waals surface area contributed by atoms with Crippen molar-refractivity contribution >= 4 is 0 Å². The average Bonchev–Trinajstić information content (AvgIpc) is 2.32. The Morgan fingerprint density at radius 1 is 1.46 bits per heavy atom. The molecule has 0 bridgehead atoms. The van der Waals surface area contributed by atoms with Crippen LogP contribution in [0.25, 0.3) is 0 Å². The van der Waals surface area contributed by atoms with Gasteiger partial charge in [-0.25, -0.2) is 0 Å². The van der Waals surface area contributed by atoms with Crippen molar-refractivity contribution in [1.82, 2.24) is 4.90 Å². The highest BCUT2D eigenvalue weighted by Crippen LogP contribution is 2.33. The van der Waals surface area contributed by atoms with Crippen LogP contribution in [-0.4, -0.2) is 35.7 Å². The summed E-state index contributed by atoms with van der Waals surface area (Å²) in [5, 5.41) is 9.26. The Labute approximate surface area is 81.9 Å². The first-order valence-corrected chi connectivity index (χ1v) is 5.30. The molecule has 78 valence electrons. The molecule has 1 aliphatic rings. The van der Waals surface area contributed by atoms with Crippen molar-refractivity contribution in [2.24, 2.45) is 11.3 Å². The highest BCUT2D eigenvalue weighted by molar-refractivity contribution is 4.84. The van der Waals surface area contributed by atoms with Crippen LogP contribution in [0.2, 0.25) is 0 Å². The predicted molar refractivity (Wildman–Crippen MR) is 55.7 cm³/mol. The summed E-state index contributed by atoms with van der Waals surface area (Å²) in [5.74, 6) is 0.797. The molecule has 2 nitrogen and oxygen atoms in total. The first-order chi connectivity index (χ1) is 5.89. The Bertz CT molecular complexity index is 160. The zero-order valence-corrected chi connectivity index (χ0v) is 9.38. The standard InChI is InChI=1S/C11H23NO/c1-9(13)7-12-6-5-10(8-12)11(2,3)4/h9-10,13H,5-8H2,1-4H3/t9-,10?/m0/s1. The van der Waals surface area contributed by atoms with Crippen molar-refractivity contribution in [1.29, 1.82) is 0 Å². The lowest BCUT2D eigenvalue weighted by atomic mass is 9.80. The van der Waals surface area contributed by atoms with Gasteiger partial charge in [0.1, 0.15) is 0 Å². The number of likely N-dealkylation sites (tertiary alicyclic amines) is 1.